The Hall–Kier alpha value is -1.80. The Bertz CT molecular complexity index is 614. The molecule has 1 aliphatic rings. The molecule has 6 nitrogen and oxygen atoms in total. The number of amides is 1. The van der Waals surface area contributed by atoms with Gasteiger partial charge in [0.15, 0.2) is 5.69 Å². The molecule has 21 heavy (non-hydrogen) atoms. The minimum Gasteiger partial charge on any atom is -0.297 e. The van der Waals surface area contributed by atoms with E-state index in [1.807, 2.05) is 0 Å². The van der Waals surface area contributed by atoms with Crippen LogP contribution < -0.4 is 4.90 Å². The van der Waals surface area contributed by atoms with Crippen molar-refractivity contribution >= 4 is 27.7 Å². The van der Waals surface area contributed by atoms with Crippen LogP contribution in [0.25, 0.3) is 10.4 Å². The van der Waals surface area contributed by atoms with Gasteiger partial charge in [-0.15, -0.1) is 0 Å². The monoisotopic (exact) mass is 363 g/mol. The molecule has 1 aromatic rings. The van der Waals surface area contributed by atoms with Gasteiger partial charge in [-0.2, -0.15) is 13.2 Å². The number of rotatable bonds is 3. The summed E-state index contributed by atoms with van der Waals surface area (Å²) >= 11 is 2.79. The average molecular weight is 364 g/mol. The molecule has 0 radical (unpaired) electrons. The fourth-order valence-electron chi connectivity index (χ4n) is 2.06. The normalized spacial score (nSPS) is 18.8. The summed E-state index contributed by atoms with van der Waals surface area (Å²) in [7, 11) is 0. The van der Waals surface area contributed by atoms with Crippen LogP contribution in [0.4, 0.5) is 19.0 Å². The number of azide groups is 1. The zero-order valence-electron chi connectivity index (χ0n) is 10.5. The topological polar surface area (TPSA) is 82.0 Å². The van der Waals surface area contributed by atoms with Crippen molar-refractivity contribution in [2.24, 2.45) is 11.0 Å². The van der Waals surface area contributed by atoms with Gasteiger partial charge in [-0.05, 0) is 39.5 Å². The lowest BCUT2D eigenvalue weighted by atomic mass is 10.1. The molecule has 112 valence electrons. The van der Waals surface area contributed by atoms with Crippen molar-refractivity contribution in [3.8, 4) is 0 Å². The van der Waals surface area contributed by atoms with E-state index in [1.165, 1.54) is 17.0 Å². The molecule has 2 heterocycles. The lowest BCUT2D eigenvalue weighted by molar-refractivity contribution is -0.141. The number of carbonyl (C=O) groups is 1. The molecule has 0 saturated carbocycles. The van der Waals surface area contributed by atoms with Gasteiger partial charge >= 0.3 is 6.18 Å². The molecule has 0 aliphatic carbocycles. The van der Waals surface area contributed by atoms with Crippen molar-refractivity contribution in [3.05, 3.63) is 32.7 Å². The molecule has 10 heteroatoms. The molecule has 1 aliphatic heterocycles. The van der Waals surface area contributed by atoms with E-state index in [4.69, 9.17) is 5.53 Å². The Morgan fingerprint density at radius 3 is 2.86 bits per heavy atom. The zero-order chi connectivity index (χ0) is 15.6. The van der Waals surface area contributed by atoms with Gasteiger partial charge in [-0.25, -0.2) is 4.98 Å². The van der Waals surface area contributed by atoms with Crippen LogP contribution in [0.15, 0.2) is 21.7 Å². The first-order valence-corrected chi connectivity index (χ1v) is 6.67. The third-order valence-electron chi connectivity index (χ3n) is 2.98. The molecule has 1 atom stereocenters. The predicted molar refractivity (Wildman–Crippen MR) is 71.4 cm³/mol. The summed E-state index contributed by atoms with van der Waals surface area (Å²) in [5.74, 6) is -0.608. The maximum atomic E-state index is 12.8. The summed E-state index contributed by atoms with van der Waals surface area (Å²) < 4.78 is 38.2. The van der Waals surface area contributed by atoms with E-state index < -0.39 is 11.9 Å². The smallest absolute Gasteiger partial charge is 0.297 e. The third kappa shape index (κ3) is 3.45. The quantitative estimate of drug-likeness (QED) is 0.467. The Balaban J connectivity index is 2.26. The minimum absolute atomic E-state index is 0.0565. The van der Waals surface area contributed by atoms with Crippen LogP contribution in [0, 0.1) is 5.92 Å². The molecule has 1 fully saturated rings. The van der Waals surface area contributed by atoms with E-state index in [-0.39, 0.29) is 41.6 Å². The number of hydrogen-bond acceptors (Lipinski definition) is 3. The predicted octanol–water partition coefficient (Wildman–Crippen LogP) is 3.53. The molecule has 1 aromatic heterocycles. The fraction of sp³-hybridized carbons (Fsp3) is 0.455. The number of aromatic nitrogens is 1. The Kier molecular flexibility index (Phi) is 4.38. The number of anilines is 1. The lowest BCUT2D eigenvalue weighted by Gasteiger charge is -2.17. The summed E-state index contributed by atoms with van der Waals surface area (Å²) in [4.78, 5) is 19.2. The lowest BCUT2D eigenvalue weighted by Crippen LogP contribution is -2.26. The van der Waals surface area contributed by atoms with E-state index in [1.54, 1.807) is 0 Å². The van der Waals surface area contributed by atoms with Crippen LogP contribution >= 0.6 is 15.9 Å². The van der Waals surface area contributed by atoms with Gasteiger partial charge in [0.25, 0.3) is 0 Å². The number of pyridine rings is 1. The largest absolute Gasteiger partial charge is 0.434 e. The Morgan fingerprint density at radius 1 is 1.52 bits per heavy atom. The highest BCUT2D eigenvalue weighted by Gasteiger charge is 2.37. The first kappa shape index (κ1) is 15.6. The summed E-state index contributed by atoms with van der Waals surface area (Å²) in [5, 5.41) is 3.38. The molecule has 0 spiro atoms. The third-order valence-corrected chi connectivity index (χ3v) is 3.62. The van der Waals surface area contributed by atoms with Crippen LogP contribution in [0.5, 0.6) is 0 Å². The van der Waals surface area contributed by atoms with Crippen LogP contribution in [-0.4, -0.2) is 24.0 Å². The molecule has 1 saturated heterocycles. The highest BCUT2D eigenvalue weighted by Crippen LogP contribution is 2.35. The van der Waals surface area contributed by atoms with E-state index in [0.717, 1.165) is 0 Å². The standard InChI is InChI=1S/C11H9BrF3N5O/c12-7-1-2-8(18-10(7)11(13,14)15)20-5-6(3-9(20)21)4-17-19-16/h1-2,6H,3-5H2. The van der Waals surface area contributed by atoms with E-state index >= 15 is 0 Å². The van der Waals surface area contributed by atoms with Crippen molar-refractivity contribution in [1.29, 1.82) is 0 Å². The van der Waals surface area contributed by atoms with Crippen molar-refractivity contribution in [1.82, 2.24) is 4.98 Å². The molecular formula is C11H9BrF3N5O. The van der Waals surface area contributed by atoms with Crippen LogP contribution in [0.1, 0.15) is 12.1 Å². The van der Waals surface area contributed by atoms with Gasteiger partial charge in [0.2, 0.25) is 5.91 Å². The number of halogens is 4. The molecule has 1 amide bonds. The van der Waals surface area contributed by atoms with Crippen molar-refractivity contribution in [2.45, 2.75) is 12.6 Å². The maximum absolute atomic E-state index is 12.8. The molecular weight excluding hydrogens is 355 g/mol. The average Bonchev–Trinajstić information content (AvgIpc) is 2.77. The van der Waals surface area contributed by atoms with Gasteiger partial charge in [-0.3, -0.25) is 9.69 Å². The number of hydrogen-bond donors (Lipinski definition) is 0. The molecule has 0 aromatic carbocycles. The fourth-order valence-corrected chi connectivity index (χ4v) is 2.50. The summed E-state index contributed by atoms with van der Waals surface area (Å²) in [6.45, 7) is 0.311. The van der Waals surface area contributed by atoms with Gasteiger partial charge in [0.1, 0.15) is 5.82 Å². The SMILES string of the molecule is [N-]=[N+]=NCC1CC(=O)N(c2ccc(Br)c(C(F)(F)F)n2)C1. The van der Waals surface area contributed by atoms with E-state index in [9.17, 15) is 18.0 Å². The van der Waals surface area contributed by atoms with Gasteiger partial charge < -0.3 is 0 Å². The van der Waals surface area contributed by atoms with Gasteiger partial charge in [-0.1, -0.05) is 5.11 Å². The highest BCUT2D eigenvalue weighted by molar-refractivity contribution is 9.10. The summed E-state index contributed by atoms with van der Waals surface area (Å²) in [6, 6.07) is 2.55. The van der Waals surface area contributed by atoms with Crippen molar-refractivity contribution in [3.63, 3.8) is 0 Å². The first-order chi connectivity index (χ1) is 9.82. The zero-order valence-corrected chi connectivity index (χ0v) is 12.1. The molecule has 0 bridgehead atoms. The van der Waals surface area contributed by atoms with E-state index in [0.29, 0.717) is 0 Å². The van der Waals surface area contributed by atoms with Crippen molar-refractivity contribution in [2.75, 3.05) is 18.0 Å². The summed E-state index contributed by atoms with van der Waals surface area (Å²) in [5.41, 5.74) is 7.17. The highest BCUT2D eigenvalue weighted by atomic mass is 79.9. The second-order valence-electron chi connectivity index (χ2n) is 4.49. The number of nitrogens with zero attached hydrogens (tertiary/aromatic N) is 5. The Labute approximate surface area is 125 Å². The first-order valence-electron chi connectivity index (χ1n) is 5.88. The van der Waals surface area contributed by atoms with Crippen LogP contribution in [0.3, 0.4) is 0 Å². The second-order valence-corrected chi connectivity index (χ2v) is 5.34. The molecule has 0 N–H and O–H groups in total. The van der Waals surface area contributed by atoms with Crippen molar-refractivity contribution < 1.29 is 18.0 Å². The molecule has 2 rings (SSSR count). The molecule has 1 unspecified atom stereocenters. The number of carbonyl (C=O) groups excluding carboxylic acids is 1. The maximum Gasteiger partial charge on any atom is 0.434 e. The summed E-state index contributed by atoms with van der Waals surface area (Å²) in [6.07, 6.45) is -4.49. The van der Waals surface area contributed by atoms with Gasteiger partial charge in [0.05, 0.1) is 0 Å². The number of alkyl halides is 3. The van der Waals surface area contributed by atoms with Crippen LogP contribution in [0.2, 0.25) is 0 Å². The van der Waals surface area contributed by atoms with Gasteiger partial charge in [0, 0.05) is 28.9 Å². The minimum atomic E-state index is -4.61. The van der Waals surface area contributed by atoms with Crippen LogP contribution in [-0.2, 0) is 11.0 Å². The van der Waals surface area contributed by atoms with E-state index in [2.05, 4.69) is 30.9 Å². The second kappa shape index (κ2) is 5.90. The Morgan fingerprint density at radius 2 is 2.24 bits per heavy atom.